The molecule has 3 aromatic heterocycles. The van der Waals surface area contributed by atoms with E-state index in [1.54, 1.807) is 25.8 Å². The minimum atomic E-state index is -0.569. The Morgan fingerprint density at radius 1 is 1.21 bits per heavy atom. The van der Waals surface area contributed by atoms with Crippen LogP contribution in [-0.4, -0.2) is 75.8 Å². The number of esters is 1. The van der Waals surface area contributed by atoms with E-state index in [2.05, 4.69) is 36.0 Å². The van der Waals surface area contributed by atoms with Crippen LogP contribution in [0.5, 0.6) is 0 Å². The summed E-state index contributed by atoms with van der Waals surface area (Å²) in [5.41, 5.74) is 6.05. The van der Waals surface area contributed by atoms with Crippen LogP contribution < -0.4 is 16.1 Å². The van der Waals surface area contributed by atoms with Crippen molar-refractivity contribution in [1.82, 2.24) is 34.8 Å². The number of hydrogen-bond acceptors (Lipinski definition) is 10. The van der Waals surface area contributed by atoms with Crippen molar-refractivity contribution in [2.75, 3.05) is 51.1 Å². The number of pyridine rings is 1. The van der Waals surface area contributed by atoms with Crippen LogP contribution in [0.2, 0.25) is 0 Å². The van der Waals surface area contributed by atoms with Gasteiger partial charge in [0, 0.05) is 46.5 Å². The zero-order chi connectivity index (χ0) is 20.4. The van der Waals surface area contributed by atoms with Gasteiger partial charge in [-0.1, -0.05) is 0 Å². The van der Waals surface area contributed by atoms with Gasteiger partial charge in [0.15, 0.2) is 17.3 Å². The van der Waals surface area contributed by atoms with Gasteiger partial charge in [0.2, 0.25) is 0 Å². The summed E-state index contributed by atoms with van der Waals surface area (Å²) in [7, 11) is 4.98. The molecule has 3 N–H and O–H groups in total. The molecule has 0 bridgehead atoms. The second-order valence-electron chi connectivity index (χ2n) is 6.62. The van der Waals surface area contributed by atoms with Gasteiger partial charge in [-0.3, -0.25) is 4.98 Å². The van der Waals surface area contributed by atoms with Crippen molar-refractivity contribution in [3.05, 3.63) is 24.4 Å². The average molecular weight is 397 g/mol. The third-order valence-corrected chi connectivity index (χ3v) is 4.79. The molecule has 3 aromatic rings. The van der Waals surface area contributed by atoms with Crippen LogP contribution in [0.4, 0.5) is 11.6 Å². The molecule has 0 saturated carbocycles. The predicted octanol–water partition coefficient (Wildman–Crippen LogP) is 0.486. The molecule has 0 amide bonds. The highest BCUT2D eigenvalue weighted by atomic mass is 16.5. The number of hydrogen-bond donors (Lipinski definition) is 3. The molecule has 4 heterocycles. The number of carbonyl (C=O) groups excluding carboxylic acids is 1. The summed E-state index contributed by atoms with van der Waals surface area (Å²) in [6.07, 6.45) is 5.12. The monoisotopic (exact) mass is 397 g/mol. The molecule has 1 aliphatic heterocycles. The lowest BCUT2D eigenvalue weighted by Crippen LogP contribution is -2.46. The predicted molar refractivity (Wildman–Crippen MR) is 108 cm³/mol. The van der Waals surface area contributed by atoms with E-state index in [9.17, 15) is 4.79 Å². The SMILES string of the molecule is CNc1nc(NN2CCNCC2)c(C(=O)OC)nc1-c1cncc2c1ncn2C. The summed E-state index contributed by atoms with van der Waals surface area (Å²) < 4.78 is 6.83. The highest BCUT2D eigenvalue weighted by molar-refractivity contribution is 5.97. The van der Waals surface area contributed by atoms with Crippen LogP contribution in [0.1, 0.15) is 10.5 Å². The number of carbonyl (C=O) groups is 1. The zero-order valence-corrected chi connectivity index (χ0v) is 16.6. The summed E-state index contributed by atoms with van der Waals surface area (Å²) >= 11 is 0. The molecule has 4 rings (SSSR count). The topological polar surface area (TPSA) is 122 Å². The number of methoxy groups -OCH3 is 1. The molecule has 0 unspecified atom stereocenters. The molecule has 11 nitrogen and oxygen atoms in total. The first-order valence-electron chi connectivity index (χ1n) is 9.28. The van der Waals surface area contributed by atoms with E-state index in [1.165, 1.54) is 7.11 Å². The van der Waals surface area contributed by atoms with Gasteiger partial charge in [0.1, 0.15) is 11.2 Å². The Morgan fingerprint density at radius 3 is 2.72 bits per heavy atom. The number of nitrogens with zero attached hydrogens (tertiary/aromatic N) is 6. The molecule has 0 aromatic carbocycles. The van der Waals surface area contributed by atoms with Crippen molar-refractivity contribution in [2.45, 2.75) is 0 Å². The summed E-state index contributed by atoms with van der Waals surface area (Å²) in [5, 5.41) is 8.35. The van der Waals surface area contributed by atoms with Gasteiger partial charge < -0.3 is 25.4 Å². The number of hydrazine groups is 1. The molecular formula is C18H23N9O2. The number of piperazine rings is 1. The number of imidazole rings is 1. The van der Waals surface area contributed by atoms with Crippen LogP contribution in [0, 0.1) is 0 Å². The molecule has 0 spiro atoms. The lowest BCUT2D eigenvalue weighted by Gasteiger charge is -2.28. The molecule has 1 saturated heterocycles. The van der Waals surface area contributed by atoms with Crippen LogP contribution >= 0.6 is 0 Å². The van der Waals surface area contributed by atoms with E-state index in [-0.39, 0.29) is 5.69 Å². The summed E-state index contributed by atoms with van der Waals surface area (Å²) in [6.45, 7) is 3.24. The maximum Gasteiger partial charge on any atom is 0.360 e. The normalized spacial score (nSPS) is 14.7. The average Bonchev–Trinajstić information content (AvgIpc) is 3.14. The fourth-order valence-corrected chi connectivity index (χ4v) is 3.26. The molecule has 0 atom stereocenters. The molecule has 11 heteroatoms. The molecule has 29 heavy (non-hydrogen) atoms. The van der Waals surface area contributed by atoms with Crippen molar-refractivity contribution in [3.8, 4) is 11.3 Å². The largest absolute Gasteiger partial charge is 0.464 e. The maximum absolute atomic E-state index is 12.5. The first-order valence-corrected chi connectivity index (χ1v) is 9.28. The van der Waals surface area contributed by atoms with E-state index in [0.29, 0.717) is 22.9 Å². The smallest absolute Gasteiger partial charge is 0.360 e. The Kier molecular flexibility index (Phi) is 5.23. The Hall–Kier alpha value is -3.31. The zero-order valence-electron chi connectivity index (χ0n) is 16.6. The van der Waals surface area contributed by atoms with E-state index in [4.69, 9.17) is 4.74 Å². The number of nitrogens with one attached hydrogen (secondary N) is 3. The summed E-state index contributed by atoms with van der Waals surface area (Å²) in [4.78, 5) is 30.5. The quantitative estimate of drug-likeness (QED) is 0.524. The van der Waals surface area contributed by atoms with Crippen molar-refractivity contribution in [2.24, 2.45) is 7.05 Å². The molecular weight excluding hydrogens is 374 g/mol. The fraction of sp³-hybridized carbons (Fsp3) is 0.389. The lowest BCUT2D eigenvalue weighted by molar-refractivity contribution is 0.0594. The van der Waals surface area contributed by atoms with Gasteiger partial charge >= 0.3 is 5.97 Å². The molecule has 152 valence electrons. The van der Waals surface area contributed by atoms with Crippen molar-refractivity contribution < 1.29 is 9.53 Å². The van der Waals surface area contributed by atoms with Crippen LogP contribution in [-0.2, 0) is 11.8 Å². The van der Waals surface area contributed by atoms with Crippen molar-refractivity contribution >= 4 is 28.6 Å². The Labute approximate surface area is 167 Å². The number of aromatic nitrogens is 5. The third kappa shape index (κ3) is 3.57. The van der Waals surface area contributed by atoms with E-state index in [1.807, 2.05) is 16.6 Å². The minimum absolute atomic E-state index is 0.105. The highest BCUT2D eigenvalue weighted by Gasteiger charge is 2.24. The van der Waals surface area contributed by atoms with E-state index in [0.717, 1.165) is 37.2 Å². The van der Waals surface area contributed by atoms with Crippen molar-refractivity contribution in [3.63, 3.8) is 0 Å². The number of ether oxygens (including phenoxy) is 1. The van der Waals surface area contributed by atoms with Crippen LogP contribution in [0.25, 0.3) is 22.3 Å². The summed E-state index contributed by atoms with van der Waals surface area (Å²) in [6, 6.07) is 0. The van der Waals surface area contributed by atoms with Gasteiger partial charge in [-0.25, -0.2) is 24.8 Å². The van der Waals surface area contributed by atoms with Gasteiger partial charge in [-0.05, 0) is 0 Å². The third-order valence-electron chi connectivity index (χ3n) is 4.79. The van der Waals surface area contributed by atoms with E-state index >= 15 is 0 Å². The second kappa shape index (κ2) is 7.97. The lowest BCUT2D eigenvalue weighted by atomic mass is 10.1. The van der Waals surface area contributed by atoms with E-state index < -0.39 is 5.97 Å². The minimum Gasteiger partial charge on any atom is -0.464 e. The second-order valence-corrected chi connectivity index (χ2v) is 6.62. The number of rotatable bonds is 5. The molecule has 0 aliphatic carbocycles. The number of fused-ring (bicyclic) bond motifs is 1. The van der Waals surface area contributed by atoms with Gasteiger partial charge in [0.25, 0.3) is 0 Å². The summed E-state index contributed by atoms with van der Waals surface area (Å²) in [5.74, 6) is 0.281. The fourth-order valence-electron chi connectivity index (χ4n) is 3.26. The van der Waals surface area contributed by atoms with Crippen LogP contribution in [0.15, 0.2) is 18.7 Å². The Balaban J connectivity index is 1.84. The Bertz CT molecular complexity index is 1040. The van der Waals surface area contributed by atoms with Crippen LogP contribution in [0.3, 0.4) is 0 Å². The first-order chi connectivity index (χ1) is 14.1. The Morgan fingerprint density at radius 2 is 2.00 bits per heavy atom. The van der Waals surface area contributed by atoms with Gasteiger partial charge in [-0.2, -0.15) is 0 Å². The first kappa shape index (κ1) is 19.0. The van der Waals surface area contributed by atoms with Gasteiger partial charge in [-0.15, -0.1) is 0 Å². The highest BCUT2D eigenvalue weighted by Crippen LogP contribution is 2.31. The molecule has 1 aliphatic rings. The molecule has 1 fully saturated rings. The molecule has 0 radical (unpaired) electrons. The van der Waals surface area contributed by atoms with Gasteiger partial charge in [0.05, 0.1) is 30.7 Å². The van der Waals surface area contributed by atoms with Crippen molar-refractivity contribution in [1.29, 1.82) is 0 Å². The number of aryl methyl sites for hydroxylation is 1. The maximum atomic E-state index is 12.5. The standard InChI is InChI=1S/C18H23N9O2/c1-19-16-14(11-8-21-9-12-13(11)22-10-26(12)2)23-15(18(28)29-3)17(24-16)25-27-6-4-20-5-7-27/h8-10,20H,4-7H2,1-3H3,(H2,19,24,25). The number of anilines is 2.